The van der Waals surface area contributed by atoms with E-state index < -0.39 is 0 Å². The summed E-state index contributed by atoms with van der Waals surface area (Å²) in [5.74, 6) is 0.805. The van der Waals surface area contributed by atoms with Gasteiger partial charge in [0.25, 0.3) is 0 Å². The van der Waals surface area contributed by atoms with Gasteiger partial charge in [0.15, 0.2) is 6.29 Å². The van der Waals surface area contributed by atoms with Gasteiger partial charge < -0.3 is 9.47 Å². The fourth-order valence-electron chi connectivity index (χ4n) is 1.46. The number of hydrogen-bond acceptors (Lipinski definition) is 2. The predicted octanol–water partition coefficient (Wildman–Crippen LogP) is 3.73. The summed E-state index contributed by atoms with van der Waals surface area (Å²) in [5.41, 5.74) is 0. The Balaban J connectivity index is 3.25. The SMILES string of the molecule is CCOC(C[Si]CCCCCCCl)OCC. The maximum atomic E-state index is 5.62. The van der Waals surface area contributed by atoms with Gasteiger partial charge in [-0.1, -0.05) is 25.3 Å². The van der Waals surface area contributed by atoms with Crippen LogP contribution in [-0.4, -0.2) is 34.9 Å². The molecule has 0 N–H and O–H groups in total. The van der Waals surface area contributed by atoms with Gasteiger partial charge in [-0.15, -0.1) is 11.6 Å². The lowest BCUT2D eigenvalue weighted by Gasteiger charge is -2.16. The number of hydrogen-bond donors (Lipinski definition) is 0. The number of rotatable bonds is 12. The molecule has 2 nitrogen and oxygen atoms in total. The van der Waals surface area contributed by atoms with Crippen molar-refractivity contribution in [3.8, 4) is 0 Å². The van der Waals surface area contributed by atoms with Crippen molar-refractivity contribution in [1.82, 2.24) is 0 Å². The van der Waals surface area contributed by atoms with E-state index >= 15 is 0 Å². The molecule has 0 aliphatic rings. The van der Waals surface area contributed by atoms with E-state index in [1.54, 1.807) is 0 Å². The molecule has 0 heterocycles. The molecule has 0 unspecified atom stereocenters. The van der Waals surface area contributed by atoms with Crippen LogP contribution in [0.15, 0.2) is 0 Å². The predicted molar refractivity (Wildman–Crippen MR) is 71.6 cm³/mol. The quantitative estimate of drug-likeness (QED) is 0.231. The zero-order chi connectivity index (χ0) is 12.1. The highest BCUT2D eigenvalue weighted by Crippen LogP contribution is 2.07. The molecule has 4 heteroatoms. The standard InChI is InChI=1S/C12H25ClO2Si/c1-3-14-12(15-4-2)11-16-10-8-6-5-7-9-13/h12H,3-11H2,1-2H3. The van der Waals surface area contributed by atoms with E-state index in [2.05, 4.69) is 0 Å². The first-order valence-electron chi connectivity index (χ1n) is 6.35. The summed E-state index contributed by atoms with van der Waals surface area (Å²) in [6.07, 6.45) is 5.09. The van der Waals surface area contributed by atoms with Crippen LogP contribution in [0.25, 0.3) is 0 Å². The fourth-order valence-corrected chi connectivity index (χ4v) is 2.82. The van der Waals surface area contributed by atoms with Crippen molar-refractivity contribution < 1.29 is 9.47 Å². The second-order valence-corrected chi connectivity index (χ2v) is 5.43. The van der Waals surface area contributed by atoms with Gasteiger partial charge in [0.05, 0.1) is 0 Å². The van der Waals surface area contributed by atoms with Gasteiger partial charge in [0.2, 0.25) is 0 Å². The molecule has 16 heavy (non-hydrogen) atoms. The van der Waals surface area contributed by atoms with E-state index in [0.29, 0.717) is 0 Å². The monoisotopic (exact) mass is 264 g/mol. The van der Waals surface area contributed by atoms with Gasteiger partial charge in [-0.2, -0.15) is 0 Å². The molecular weight excluding hydrogens is 240 g/mol. The minimum atomic E-state index is 0.0242. The molecule has 0 fully saturated rings. The average Bonchev–Trinajstić information content (AvgIpc) is 2.28. The van der Waals surface area contributed by atoms with Crippen molar-refractivity contribution in [1.29, 1.82) is 0 Å². The van der Waals surface area contributed by atoms with Crippen LogP contribution in [0.5, 0.6) is 0 Å². The van der Waals surface area contributed by atoms with Gasteiger partial charge in [-0.05, 0) is 26.3 Å². The summed E-state index contributed by atoms with van der Waals surface area (Å²) in [6, 6.07) is 2.36. The number of halogens is 1. The topological polar surface area (TPSA) is 18.5 Å². The minimum Gasteiger partial charge on any atom is -0.353 e. The summed E-state index contributed by atoms with van der Waals surface area (Å²) < 4.78 is 11.0. The molecule has 0 aliphatic carbocycles. The van der Waals surface area contributed by atoms with Crippen LogP contribution < -0.4 is 0 Å². The molecule has 0 amide bonds. The van der Waals surface area contributed by atoms with Crippen molar-refractivity contribution in [3.05, 3.63) is 0 Å². The third kappa shape index (κ3) is 10.9. The summed E-state index contributed by atoms with van der Waals surface area (Å²) in [6.45, 7) is 5.51. The molecule has 0 saturated carbocycles. The zero-order valence-corrected chi connectivity index (χ0v) is 12.4. The molecule has 0 spiro atoms. The van der Waals surface area contributed by atoms with Crippen molar-refractivity contribution in [2.45, 2.75) is 57.9 Å². The lowest BCUT2D eigenvalue weighted by Crippen LogP contribution is -2.18. The van der Waals surface area contributed by atoms with Crippen LogP contribution in [0.3, 0.4) is 0 Å². The smallest absolute Gasteiger partial charge is 0.154 e. The Bertz CT molecular complexity index is 130. The highest BCUT2D eigenvalue weighted by atomic mass is 35.5. The third-order valence-electron chi connectivity index (χ3n) is 2.25. The summed E-state index contributed by atoms with van der Waals surface area (Å²) >= 11 is 5.62. The van der Waals surface area contributed by atoms with E-state index in [4.69, 9.17) is 21.1 Å². The lowest BCUT2D eigenvalue weighted by atomic mass is 10.2. The van der Waals surface area contributed by atoms with Crippen LogP contribution in [0.4, 0.5) is 0 Å². The Morgan fingerprint density at radius 3 is 2.19 bits per heavy atom. The Hall–Kier alpha value is 0.427. The van der Waals surface area contributed by atoms with Crippen LogP contribution in [0.2, 0.25) is 12.1 Å². The molecule has 0 aromatic heterocycles. The van der Waals surface area contributed by atoms with Crippen molar-refractivity contribution in [2.24, 2.45) is 0 Å². The molecule has 0 atom stereocenters. The molecule has 96 valence electrons. The van der Waals surface area contributed by atoms with Gasteiger partial charge >= 0.3 is 0 Å². The second-order valence-electron chi connectivity index (χ2n) is 3.65. The average molecular weight is 265 g/mol. The van der Waals surface area contributed by atoms with Crippen LogP contribution in [0, 0.1) is 0 Å². The van der Waals surface area contributed by atoms with Crippen LogP contribution in [-0.2, 0) is 9.47 Å². The molecule has 0 saturated heterocycles. The first-order valence-corrected chi connectivity index (χ1v) is 8.29. The Morgan fingerprint density at radius 2 is 1.62 bits per heavy atom. The van der Waals surface area contributed by atoms with Gasteiger partial charge in [0, 0.05) is 28.6 Å². The largest absolute Gasteiger partial charge is 0.353 e. The van der Waals surface area contributed by atoms with Crippen molar-refractivity contribution in [2.75, 3.05) is 19.1 Å². The first kappa shape index (κ1) is 16.4. The molecule has 2 radical (unpaired) electrons. The lowest BCUT2D eigenvalue weighted by molar-refractivity contribution is -0.123. The highest BCUT2D eigenvalue weighted by Gasteiger charge is 2.07. The summed E-state index contributed by atoms with van der Waals surface area (Å²) in [5, 5.41) is 0. The molecule has 0 aromatic rings. The normalized spacial score (nSPS) is 11.2. The summed E-state index contributed by atoms with van der Waals surface area (Å²) in [7, 11) is 0.961. The molecule has 0 aliphatic heterocycles. The number of ether oxygens (including phenoxy) is 2. The van der Waals surface area contributed by atoms with E-state index in [0.717, 1.165) is 41.1 Å². The van der Waals surface area contributed by atoms with E-state index in [1.165, 1.54) is 25.3 Å². The first-order chi connectivity index (χ1) is 7.85. The van der Waals surface area contributed by atoms with E-state index in [9.17, 15) is 0 Å². The number of alkyl halides is 1. The molecule has 0 aromatic carbocycles. The summed E-state index contributed by atoms with van der Waals surface area (Å²) in [4.78, 5) is 0. The zero-order valence-electron chi connectivity index (χ0n) is 10.6. The maximum absolute atomic E-state index is 5.62. The van der Waals surface area contributed by atoms with E-state index in [-0.39, 0.29) is 6.29 Å². The van der Waals surface area contributed by atoms with Crippen molar-refractivity contribution >= 4 is 21.1 Å². The third-order valence-corrected chi connectivity index (χ3v) is 3.85. The van der Waals surface area contributed by atoms with Crippen molar-refractivity contribution in [3.63, 3.8) is 0 Å². The molecular formula is C12H25ClO2Si. The van der Waals surface area contributed by atoms with Gasteiger partial charge in [0.1, 0.15) is 0 Å². The molecule has 0 rings (SSSR count). The Labute approximate surface area is 108 Å². The number of unbranched alkanes of at least 4 members (excludes halogenated alkanes) is 3. The van der Waals surface area contributed by atoms with Gasteiger partial charge in [-0.25, -0.2) is 0 Å². The molecule has 0 bridgehead atoms. The fraction of sp³-hybridized carbons (Fsp3) is 1.00. The van der Waals surface area contributed by atoms with Gasteiger partial charge in [-0.3, -0.25) is 0 Å². The maximum Gasteiger partial charge on any atom is 0.154 e. The minimum absolute atomic E-state index is 0.0242. The van der Waals surface area contributed by atoms with E-state index in [1.807, 2.05) is 13.8 Å². The van der Waals surface area contributed by atoms with Crippen LogP contribution >= 0.6 is 11.6 Å². The highest BCUT2D eigenvalue weighted by molar-refractivity contribution is 6.35. The Kier molecular flexibility index (Phi) is 13.9. The van der Waals surface area contributed by atoms with Crippen LogP contribution in [0.1, 0.15) is 39.5 Å². The second kappa shape index (κ2) is 13.5. The Morgan fingerprint density at radius 1 is 1.00 bits per heavy atom.